The molecule has 2 aliphatic rings. The first-order chi connectivity index (χ1) is 15.5. The maximum Gasteiger partial charge on any atom is 0.280 e. The van der Waals surface area contributed by atoms with Gasteiger partial charge in [0, 0.05) is 18.0 Å². The Morgan fingerprint density at radius 1 is 1.19 bits per heavy atom. The number of aliphatic imine (C=N–C) groups is 1. The van der Waals surface area contributed by atoms with Gasteiger partial charge in [-0.15, -0.1) is 0 Å². The third kappa shape index (κ3) is 5.29. The molecule has 1 amide bonds. The second kappa shape index (κ2) is 9.87. The highest BCUT2D eigenvalue weighted by Gasteiger charge is 2.32. The van der Waals surface area contributed by atoms with Crippen LogP contribution in [0.2, 0.25) is 0 Å². The van der Waals surface area contributed by atoms with E-state index in [1.165, 1.54) is 23.3 Å². The van der Waals surface area contributed by atoms with Gasteiger partial charge in [-0.3, -0.25) is 10.6 Å². The molecule has 0 bridgehead atoms. The quantitative estimate of drug-likeness (QED) is 0.331. The highest BCUT2D eigenvalue weighted by molar-refractivity contribution is 6.03. The number of carbonyl (C=O) groups is 1. The number of nitrogens with two attached hydrogens (primary N) is 1. The van der Waals surface area contributed by atoms with Crippen molar-refractivity contribution in [3.63, 3.8) is 0 Å². The van der Waals surface area contributed by atoms with Gasteiger partial charge in [0.2, 0.25) is 5.96 Å². The average Bonchev–Trinajstić information content (AvgIpc) is 3.44. The van der Waals surface area contributed by atoms with E-state index < -0.39 is 5.91 Å². The molecule has 0 aromatic heterocycles. The monoisotopic (exact) mass is 435 g/mol. The van der Waals surface area contributed by atoms with Gasteiger partial charge >= 0.3 is 0 Å². The molecule has 2 aromatic carbocycles. The molecular weight excluding hydrogens is 409 g/mol. The number of halogens is 1. The van der Waals surface area contributed by atoms with Crippen LogP contribution in [0, 0.1) is 17.1 Å². The largest absolute Gasteiger partial charge is 0.353 e. The molecule has 1 saturated heterocycles. The van der Waals surface area contributed by atoms with E-state index >= 15 is 0 Å². The van der Waals surface area contributed by atoms with E-state index in [0.29, 0.717) is 23.5 Å². The summed E-state index contributed by atoms with van der Waals surface area (Å²) in [5.41, 5.74) is 4.82. The van der Waals surface area contributed by atoms with Crippen molar-refractivity contribution in [3.8, 4) is 6.07 Å². The van der Waals surface area contributed by atoms with E-state index in [9.17, 15) is 9.18 Å². The summed E-state index contributed by atoms with van der Waals surface area (Å²) >= 11 is 0. The van der Waals surface area contributed by atoms with Crippen molar-refractivity contribution in [3.05, 3.63) is 71.0 Å². The van der Waals surface area contributed by atoms with Gasteiger partial charge in [0.05, 0.1) is 17.7 Å². The number of nitrogens with one attached hydrogen (secondary N) is 3. The van der Waals surface area contributed by atoms with Crippen LogP contribution >= 0.6 is 0 Å². The number of guanidine groups is 1. The Labute approximate surface area is 186 Å². The highest BCUT2D eigenvalue weighted by atomic mass is 19.1. The van der Waals surface area contributed by atoms with E-state index in [1.807, 2.05) is 6.07 Å². The molecule has 2 fully saturated rings. The first-order valence-corrected chi connectivity index (χ1v) is 10.7. The maximum atomic E-state index is 13.3. The molecule has 1 aliphatic heterocycles. The first kappa shape index (κ1) is 21.9. The number of nitrogens with zero attached hydrogens (tertiary/aromatic N) is 3. The van der Waals surface area contributed by atoms with Crippen molar-refractivity contribution in [2.45, 2.75) is 50.4 Å². The molecule has 1 saturated carbocycles. The smallest absolute Gasteiger partial charge is 0.280 e. The van der Waals surface area contributed by atoms with Crippen molar-refractivity contribution >= 4 is 11.9 Å². The Kier molecular flexibility index (Phi) is 6.75. The van der Waals surface area contributed by atoms with Crippen LogP contribution in [0.4, 0.5) is 4.39 Å². The van der Waals surface area contributed by atoms with E-state index in [-0.39, 0.29) is 24.1 Å². The summed E-state index contributed by atoms with van der Waals surface area (Å²) in [5.74, 6) is 5.77. The summed E-state index contributed by atoms with van der Waals surface area (Å²) in [5, 5.41) is 17.1. The van der Waals surface area contributed by atoms with Crippen molar-refractivity contribution in [1.82, 2.24) is 21.2 Å². The fourth-order valence-corrected chi connectivity index (χ4v) is 4.11. The van der Waals surface area contributed by atoms with Crippen molar-refractivity contribution < 1.29 is 9.18 Å². The van der Waals surface area contributed by atoms with Crippen LogP contribution < -0.4 is 21.9 Å². The molecule has 0 radical (unpaired) electrons. The lowest BCUT2D eigenvalue weighted by Gasteiger charge is -2.24. The minimum atomic E-state index is -0.445. The predicted octanol–water partition coefficient (Wildman–Crippen LogP) is 2.47. The molecule has 2 atom stereocenters. The summed E-state index contributed by atoms with van der Waals surface area (Å²) in [6, 6.07) is 14.9. The van der Waals surface area contributed by atoms with Gasteiger partial charge in [-0.2, -0.15) is 15.4 Å². The number of amides is 1. The minimum Gasteiger partial charge on any atom is -0.353 e. The zero-order chi connectivity index (χ0) is 22.5. The van der Waals surface area contributed by atoms with Crippen molar-refractivity contribution in [2.75, 3.05) is 0 Å². The molecule has 1 aliphatic carbocycles. The molecule has 9 heteroatoms. The van der Waals surface area contributed by atoms with Crippen LogP contribution in [0.1, 0.15) is 59.6 Å². The number of nitriles is 1. The fourth-order valence-electron chi connectivity index (χ4n) is 4.11. The molecule has 8 nitrogen and oxygen atoms in total. The van der Waals surface area contributed by atoms with E-state index in [0.717, 1.165) is 31.2 Å². The number of hydrazine groups is 2. The summed E-state index contributed by atoms with van der Waals surface area (Å²) in [4.78, 5) is 17.1. The zero-order valence-electron chi connectivity index (χ0n) is 17.6. The molecule has 2 unspecified atom stereocenters. The van der Waals surface area contributed by atoms with Crippen LogP contribution in [-0.4, -0.2) is 29.2 Å². The normalized spacial score (nSPS) is 22.0. The molecule has 0 spiro atoms. The number of hydrogen-bond donors (Lipinski definition) is 4. The number of benzene rings is 2. The van der Waals surface area contributed by atoms with Gasteiger partial charge in [-0.25, -0.2) is 9.82 Å². The lowest BCUT2D eigenvalue weighted by Crippen LogP contribution is -2.55. The van der Waals surface area contributed by atoms with E-state index in [2.05, 4.69) is 21.1 Å². The molecule has 5 N–H and O–H groups in total. The third-order valence-corrected chi connectivity index (χ3v) is 5.82. The minimum absolute atomic E-state index is 0.103. The van der Waals surface area contributed by atoms with Gasteiger partial charge in [0.15, 0.2) is 0 Å². The predicted molar refractivity (Wildman–Crippen MR) is 118 cm³/mol. The summed E-state index contributed by atoms with van der Waals surface area (Å²) < 4.78 is 13.3. The van der Waals surface area contributed by atoms with Gasteiger partial charge < -0.3 is 10.6 Å². The molecule has 166 valence electrons. The van der Waals surface area contributed by atoms with Crippen LogP contribution in [-0.2, 0) is 0 Å². The Morgan fingerprint density at radius 2 is 1.94 bits per heavy atom. The highest BCUT2D eigenvalue weighted by Crippen LogP contribution is 2.25. The van der Waals surface area contributed by atoms with Gasteiger partial charge in [-0.1, -0.05) is 31.0 Å². The Morgan fingerprint density at radius 3 is 2.66 bits per heavy atom. The Hall–Kier alpha value is -3.32. The van der Waals surface area contributed by atoms with Crippen LogP contribution in [0.5, 0.6) is 0 Å². The molecule has 2 aromatic rings. The topological polar surface area (TPSA) is 119 Å². The summed E-state index contributed by atoms with van der Waals surface area (Å²) in [7, 11) is 0. The van der Waals surface area contributed by atoms with Crippen LogP contribution in [0.3, 0.4) is 0 Å². The SMILES string of the molecule is N#Cc1cccc(C(=O)/N=C(/NC2CCCC2)NC2CC(c3ccc(F)cc3)NN2N)c1. The standard InChI is InChI=1S/C23H26FN7O/c24-18-10-8-16(9-11-18)20-13-21(31(26)30-20)28-23(27-19-6-1-2-7-19)29-22(32)17-5-3-4-15(12-17)14-25/h3-5,8-12,19-21,30H,1-2,6-7,13,26H2,(H2,27,28,29,32). The molecule has 1 heterocycles. The van der Waals surface area contributed by atoms with Crippen molar-refractivity contribution in [1.29, 1.82) is 5.26 Å². The lowest BCUT2D eigenvalue weighted by molar-refractivity contribution is 0.100. The van der Waals surface area contributed by atoms with Crippen LogP contribution in [0.25, 0.3) is 0 Å². The number of rotatable bonds is 4. The summed E-state index contributed by atoms with van der Waals surface area (Å²) in [6.07, 6.45) is 4.52. The molecular formula is C23H26FN7O. The number of carbonyl (C=O) groups excluding carboxylic acids is 1. The van der Waals surface area contributed by atoms with Gasteiger partial charge in [0.25, 0.3) is 5.91 Å². The maximum absolute atomic E-state index is 13.3. The second-order valence-corrected chi connectivity index (χ2v) is 8.12. The lowest BCUT2D eigenvalue weighted by atomic mass is 10.0. The van der Waals surface area contributed by atoms with Crippen LogP contribution in [0.15, 0.2) is 53.5 Å². The Balaban J connectivity index is 1.51. The van der Waals surface area contributed by atoms with Gasteiger partial charge in [-0.05, 0) is 48.7 Å². The molecule has 32 heavy (non-hydrogen) atoms. The van der Waals surface area contributed by atoms with E-state index in [4.69, 9.17) is 11.1 Å². The fraction of sp³-hybridized carbons (Fsp3) is 0.348. The average molecular weight is 436 g/mol. The van der Waals surface area contributed by atoms with E-state index in [1.54, 1.807) is 30.3 Å². The van der Waals surface area contributed by atoms with Crippen molar-refractivity contribution in [2.24, 2.45) is 10.8 Å². The van der Waals surface area contributed by atoms with Gasteiger partial charge in [0.1, 0.15) is 12.0 Å². The summed E-state index contributed by atoms with van der Waals surface area (Å²) in [6.45, 7) is 0. The third-order valence-electron chi connectivity index (χ3n) is 5.82. The zero-order valence-corrected chi connectivity index (χ0v) is 17.6. The Bertz CT molecular complexity index is 1030. The second-order valence-electron chi connectivity index (χ2n) is 8.12. The number of hydrogen-bond acceptors (Lipinski definition) is 5. The molecule has 4 rings (SSSR count). The first-order valence-electron chi connectivity index (χ1n) is 10.7.